The number of rotatable bonds is 5. The minimum absolute atomic E-state index is 0.0141. The second-order valence-corrected chi connectivity index (χ2v) is 8.83. The van der Waals surface area contributed by atoms with E-state index >= 15 is 0 Å². The Balaban J connectivity index is 1.70. The molecular weight excluding hydrogens is 547 g/mol. The lowest BCUT2D eigenvalue weighted by Gasteiger charge is -2.17. The number of aromatic nitrogens is 4. The number of nitrogens with two attached hydrogens (primary N) is 1. The number of hydrogen-bond acceptors (Lipinski definition) is 5. The molecule has 0 aliphatic carbocycles. The summed E-state index contributed by atoms with van der Waals surface area (Å²) in [5, 5.41) is 13.5. The number of amides is 1. The molecule has 4 N–H and O–H groups in total. The van der Waals surface area contributed by atoms with Gasteiger partial charge in [-0.1, -0.05) is 11.6 Å². The first-order valence-electron chi connectivity index (χ1n) is 11.0. The summed E-state index contributed by atoms with van der Waals surface area (Å²) in [6.45, 7) is 0. The van der Waals surface area contributed by atoms with Gasteiger partial charge in [0, 0.05) is 36.0 Å². The molecule has 0 aliphatic heterocycles. The highest BCUT2D eigenvalue weighted by Crippen LogP contribution is 2.45. The average molecular weight is 563 g/mol. The Bertz CT molecular complexity index is 1750. The summed E-state index contributed by atoms with van der Waals surface area (Å²) in [5.74, 6) is -3.38. The molecule has 2 aromatic heterocycles. The number of fused-ring (bicyclic) bond motifs is 1. The lowest BCUT2D eigenvalue weighted by Crippen LogP contribution is -2.15. The Kier molecular flexibility index (Phi) is 6.38. The Morgan fingerprint density at radius 3 is 2.59 bits per heavy atom. The molecule has 14 heteroatoms. The second-order valence-electron chi connectivity index (χ2n) is 8.42. The van der Waals surface area contributed by atoms with E-state index < -0.39 is 34.8 Å². The Labute approximate surface area is 221 Å². The SMILES string of the molecule is Cn1cc(-c2cc(NC(=O)c3cc(F)cc(C(F)(F)F)c3)c(Oc3cc(F)ccc3Cl)c3c(N)n[nH]c23)cn1. The van der Waals surface area contributed by atoms with E-state index in [1.54, 1.807) is 13.2 Å². The number of halogens is 6. The zero-order valence-corrected chi connectivity index (χ0v) is 20.5. The van der Waals surface area contributed by atoms with Crippen molar-refractivity contribution in [3.05, 3.63) is 82.6 Å². The maximum absolute atomic E-state index is 14.0. The smallest absolute Gasteiger partial charge is 0.416 e. The van der Waals surface area contributed by atoms with Gasteiger partial charge in [0.1, 0.15) is 17.4 Å². The van der Waals surface area contributed by atoms with Crippen LogP contribution in [0.25, 0.3) is 22.0 Å². The van der Waals surface area contributed by atoms with E-state index in [2.05, 4.69) is 20.6 Å². The van der Waals surface area contributed by atoms with Gasteiger partial charge >= 0.3 is 6.18 Å². The van der Waals surface area contributed by atoms with Crippen molar-refractivity contribution in [2.45, 2.75) is 6.18 Å². The molecule has 1 amide bonds. The van der Waals surface area contributed by atoms with Gasteiger partial charge in [0.2, 0.25) is 0 Å². The number of hydrogen-bond donors (Lipinski definition) is 3. The van der Waals surface area contributed by atoms with E-state index in [9.17, 15) is 26.7 Å². The molecule has 0 unspecified atom stereocenters. The number of nitrogen functional groups attached to an aromatic ring is 1. The summed E-state index contributed by atoms with van der Waals surface area (Å²) >= 11 is 6.18. The lowest BCUT2D eigenvalue weighted by atomic mass is 10.0. The van der Waals surface area contributed by atoms with E-state index in [1.165, 1.54) is 23.0 Å². The lowest BCUT2D eigenvalue weighted by molar-refractivity contribution is -0.137. The molecule has 0 atom stereocenters. The number of H-pyrrole nitrogens is 1. The molecule has 200 valence electrons. The first-order chi connectivity index (χ1) is 18.4. The molecule has 0 spiro atoms. The molecule has 3 aromatic carbocycles. The van der Waals surface area contributed by atoms with Crippen molar-refractivity contribution in [1.29, 1.82) is 0 Å². The number of nitrogens with one attached hydrogen (secondary N) is 2. The highest BCUT2D eigenvalue weighted by molar-refractivity contribution is 6.32. The number of benzene rings is 3. The number of aromatic amines is 1. The van der Waals surface area contributed by atoms with Crippen molar-refractivity contribution >= 4 is 39.9 Å². The Morgan fingerprint density at radius 1 is 1.13 bits per heavy atom. The minimum Gasteiger partial charge on any atom is -0.453 e. The quantitative estimate of drug-likeness (QED) is 0.211. The maximum Gasteiger partial charge on any atom is 0.416 e. The van der Waals surface area contributed by atoms with Gasteiger partial charge < -0.3 is 15.8 Å². The van der Waals surface area contributed by atoms with Gasteiger partial charge in [-0.25, -0.2) is 8.78 Å². The molecule has 5 rings (SSSR count). The monoisotopic (exact) mass is 562 g/mol. The molecule has 0 radical (unpaired) electrons. The number of carbonyl (C=O) groups excluding carboxylic acids is 1. The first kappa shape index (κ1) is 26.0. The number of nitrogens with zero attached hydrogens (tertiary/aromatic N) is 3. The van der Waals surface area contributed by atoms with Crippen LogP contribution in [0, 0.1) is 11.6 Å². The highest BCUT2D eigenvalue weighted by Gasteiger charge is 2.32. The Hall–Kier alpha value is -4.65. The van der Waals surface area contributed by atoms with Crippen LogP contribution in [0.1, 0.15) is 15.9 Å². The number of aryl methyl sites for hydroxylation is 1. The van der Waals surface area contributed by atoms with Gasteiger partial charge in [0.05, 0.1) is 33.4 Å². The van der Waals surface area contributed by atoms with E-state index in [1.807, 2.05) is 0 Å². The predicted molar refractivity (Wildman–Crippen MR) is 134 cm³/mol. The third kappa shape index (κ3) is 5.08. The summed E-state index contributed by atoms with van der Waals surface area (Å²) in [6.07, 6.45) is -1.72. The fraction of sp³-hybridized carbons (Fsp3) is 0.0800. The van der Waals surface area contributed by atoms with E-state index in [-0.39, 0.29) is 39.5 Å². The molecule has 0 aliphatic rings. The summed E-state index contributed by atoms with van der Waals surface area (Å²) in [5.41, 5.74) is 5.40. The normalized spacial score (nSPS) is 11.7. The van der Waals surface area contributed by atoms with Gasteiger partial charge in [0.15, 0.2) is 11.6 Å². The number of anilines is 2. The first-order valence-corrected chi connectivity index (χ1v) is 11.4. The predicted octanol–water partition coefficient (Wildman–Crippen LogP) is 6.54. The average Bonchev–Trinajstić information content (AvgIpc) is 3.47. The summed E-state index contributed by atoms with van der Waals surface area (Å²) in [6, 6.07) is 6.21. The number of carbonyl (C=O) groups is 1. The molecule has 0 fully saturated rings. The van der Waals surface area contributed by atoms with Crippen molar-refractivity contribution in [1.82, 2.24) is 20.0 Å². The molecule has 0 saturated carbocycles. The van der Waals surface area contributed by atoms with Crippen molar-refractivity contribution in [2.75, 3.05) is 11.1 Å². The van der Waals surface area contributed by atoms with Crippen LogP contribution >= 0.6 is 11.6 Å². The van der Waals surface area contributed by atoms with Crippen LogP contribution < -0.4 is 15.8 Å². The van der Waals surface area contributed by atoms with Crippen molar-refractivity contribution in [3.63, 3.8) is 0 Å². The van der Waals surface area contributed by atoms with Crippen molar-refractivity contribution in [2.24, 2.45) is 7.05 Å². The number of alkyl halides is 3. The second kappa shape index (κ2) is 9.58. The van der Waals surface area contributed by atoms with Crippen LogP contribution in [0.2, 0.25) is 5.02 Å². The van der Waals surface area contributed by atoms with Gasteiger partial charge in [-0.05, 0) is 36.4 Å². The standard InChI is InChI=1S/C25H16ClF5N6O2/c1-37-10-12(9-33-37)16-8-18(34-24(38)11-4-13(25(29,30)31)6-15(28)5-11)22(20-21(16)35-36-23(20)32)39-19-7-14(27)2-3-17(19)26/h2-10H,1H3,(H,34,38)(H3,32,35,36). The largest absolute Gasteiger partial charge is 0.453 e. The van der Waals surface area contributed by atoms with Crippen LogP contribution in [0.4, 0.5) is 33.5 Å². The molecule has 39 heavy (non-hydrogen) atoms. The van der Waals surface area contributed by atoms with Crippen LogP contribution in [0.3, 0.4) is 0 Å². The molecular formula is C25H16ClF5N6O2. The maximum atomic E-state index is 14.0. The third-order valence-electron chi connectivity index (χ3n) is 5.68. The van der Waals surface area contributed by atoms with Crippen molar-refractivity contribution in [3.8, 4) is 22.6 Å². The van der Waals surface area contributed by atoms with Crippen LogP contribution in [-0.4, -0.2) is 25.9 Å². The van der Waals surface area contributed by atoms with Gasteiger partial charge in [-0.3, -0.25) is 14.6 Å². The Morgan fingerprint density at radius 2 is 1.90 bits per heavy atom. The van der Waals surface area contributed by atoms with E-state index in [4.69, 9.17) is 22.1 Å². The fourth-order valence-corrected chi connectivity index (χ4v) is 4.08. The molecule has 8 nitrogen and oxygen atoms in total. The van der Waals surface area contributed by atoms with E-state index in [0.29, 0.717) is 28.8 Å². The highest BCUT2D eigenvalue weighted by atomic mass is 35.5. The topological polar surface area (TPSA) is 111 Å². The van der Waals surface area contributed by atoms with Crippen molar-refractivity contribution < 1.29 is 31.5 Å². The summed E-state index contributed by atoms with van der Waals surface area (Å²) < 4.78 is 75.2. The van der Waals surface area contributed by atoms with Gasteiger partial charge in [-0.15, -0.1) is 0 Å². The molecule has 5 aromatic rings. The fourth-order valence-electron chi connectivity index (χ4n) is 3.93. The molecule has 0 bridgehead atoms. The van der Waals surface area contributed by atoms with E-state index in [0.717, 1.165) is 12.1 Å². The third-order valence-corrected chi connectivity index (χ3v) is 5.99. The van der Waals surface area contributed by atoms with Crippen LogP contribution in [0.5, 0.6) is 11.5 Å². The minimum atomic E-state index is -4.89. The van der Waals surface area contributed by atoms with Crippen LogP contribution in [0.15, 0.2) is 54.9 Å². The summed E-state index contributed by atoms with van der Waals surface area (Å²) in [7, 11) is 1.68. The van der Waals surface area contributed by atoms with Gasteiger partial charge in [-0.2, -0.15) is 23.4 Å². The zero-order chi connectivity index (χ0) is 28.1. The van der Waals surface area contributed by atoms with Gasteiger partial charge in [0.25, 0.3) is 5.91 Å². The number of ether oxygens (including phenoxy) is 1. The molecule has 2 heterocycles. The zero-order valence-electron chi connectivity index (χ0n) is 19.7. The van der Waals surface area contributed by atoms with Crippen LogP contribution in [-0.2, 0) is 13.2 Å². The molecule has 0 saturated heterocycles. The summed E-state index contributed by atoms with van der Waals surface area (Å²) in [4.78, 5) is 13.1.